The van der Waals surface area contributed by atoms with E-state index in [4.69, 9.17) is 0 Å². The summed E-state index contributed by atoms with van der Waals surface area (Å²) >= 11 is 0. The molecule has 31 heavy (non-hydrogen) atoms. The summed E-state index contributed by atoms with van der Waals surface area (Å²) in [5.74, 6) is -0.432. The molecule has 1 unspecified atom stereocenters. The monoisotopic (exact) mass is 445 g/mol. The number of nitrogens with zero attached hydrogens (tertiary/aromatic N) is 2. The normalized spacial score (nSPS) is 17.0. The van der Waals surface area contributed by atoms with Gasteiger partial charge in [0.1, 0.15) is 0 Å². The lowest BCUT2D eigenvalue weighted by atomic mass is 9.98. The highest BCUT2D eigenvalue weighted by Crippen LogP contribution is 2.26. The van der Waals surface area contributed by atoms with E-state index in [0.29, 0.717) is 31.6 Å². The van der Waals surface area contributed by atoms with Gasteiger partial charge in [-0.25, -0.2) is 13.2 Å². The molecule has 166 valence electrons. The van der Waals surface area contributed by atoms with Gasteiger partial charge in [0.15, 0.2) is 0 Å². The van der Waals surface area contributed by atoms with Crippen molar-refractivity contribution in [2.45, 2.75) is 24.3 Å². The molecule has 9 heteroatoms. The second-order valence-corrected chi connectivity index (χ2v) is 9.46. The predicted molar refractivity (Wildman–Crippen MR) is 117 cm³/mol. The average molecular weight is 446 g/mol. The lowest BCUT2D eigenvalue weighted by molar-refractivity contribution is -0.135. The third kappa shape index (κ3) is 5.62. The van der Waals surface area contributed by atoms with Crippen LogP contribution in [0.15, 0.2) is 59.5 Å². The first-order valence-electron chi connectivity index (χ1n) is 10.1. The molecule has 1 N–H and O–H groups in total. The summed E-state index contributed by atoms with van der Waals surface area (Å²) < 4.78 is 32.1. The van der Waals surface area contributed by atoms with Gasteiger partial charge >= 0.3 is 6.09 Å². The Balaban J connectivity index is 1.67. The molecule has 1 heterocycles. The molecule has 0 radical (unpaired) electrons. The zero-order valence-electron chi connectivity index (χ0n) is 17.7. The Morgan fingerprint density at radius 3 is 2.45 bits per heavy atom. The van der Waals surface area contributed by atoms with Crippen LogP contribution >= 0.6 is 0 Å². The molecule has 0 spiro atoms. The molecule has 0 aromatic heterocycles. The van der Waals surface area contributed by atoms with E-state index in [1.54, 1.807) is 11.9 Å². The summed E-state index contributed by atoms with van der Waals surface area (Å²) in [7, 11) is -0.750. The minimum atomic E-state index is -3.75. The number of piperidine rings is 1. The Kier molecular flexibility index (Phi) is 7.29. The van der Waals surface area contributed by atoms with E-state index >= 15 is 0 Å². The Labute approximate surface area is 182 Å². The molecule has 3 rings (SSSR count). The van der Waals surface area contributed by atoms with Crippen molar-refractivity contribution in [2.75, 3.05) is 32.6 Å². The van der Waals surface area contributed by atoms with Crippen molar-refractivity contribution in [2.24, 2.45) is 5.92 Å². The van der Waals surface area contributed by atoms with E-state index in [1.165, 1.54) is 35.7 Å². The van der Waals surface area contributed by atoms with Gasteiger partial charge in [-0.1, -0.05) is 30.3 Å². The number of ether oxygens (including phenoxy) is 1. The van der Waals surface area contributed by atoms with Gasteiger partial charge in [-0.15, -0.1) is 0 Å². The summed E-state index contributed by atoms with van der Waals surface area (Å²) in [6.07, 6.45) is 0.649. The van der Waals surface area contributed by atoms with Gasteiger partial charge in [-0.3, -0.25) is 10.1 Å². The van der Waals surface area contributed by atoms with E-state index in [2.05, 4.69) is 10.1 Å². The highest BCUT2D eigenvalue weighted by atomic mass is 32.2. The molecule has 1 saturated heterocycles. The molecule has 2 aromatic carbocycles. The average Bonchev–Trinajstić information content (AvgIpc) is 2.79. The van der Waals surface area contributed by atoms with Gasteiger partial charge in [0.05, 0.1) is 17.9 Å². The first-order chi connectivity index (χ1) is 14.8. The number of benzene rings is 2. The van der Waals surface area contributed by atoms with Crippen molar-refractivity contribution in [1.29, 1.82) is 0 Å². The molecular formula is C22H27N3O5S. The number of carbonyl (C=O) groups is 2. The number of hydrogen-bond acceptors (Lipinski definition) is 5. The van der Waals surface area contributed by atoms with Crippen molar-refractivity contribution in [3.05, 3.63) is 60.2 Å². The Bertz CT molecular complexity index is 1010. The van der Waals surface area contributed by atoms with Gasteiger partial charge < -0.3 is 9.64 Å². The number of sulfonamides is 1. The van der Waals surface area contributed by atoms with E-state index in [0.717, 1.165) is 5.56 Å². The number of hydrogen-bond donors (Lipinski definition) is 1. The van der Waals surface area contributed by atoms with Crippen molar-refractivity contribution >= 4 is 27.7 Å². The fourth-order valence-corrected chi connectivity index (χ4v) is 5.16. The third-order valence-corrected chi connectivity index (χ3v) is 7.18. The van der Waals surface area contributed by atoms with Gasteiger partial charge in [-0.2, -0.15) is 4.31 Å². The Morgan fingerprint density at radius 2 is 1.81 bits per heavy atom. The summed E-state index contributed by atoms with van der Waals surface area (Å²) in [6.45, 7) is 1.01. The van der Waals surface area contributed by atoms with Crippen LogP contribution in [-0.2, 0) is 26.1 Å². The SMILES string of the molecule is COC(=O)Nc1ccc(S(=O)(=O)N2CCCC(C(=O)N(C)Cc3ccccc3)C2)cc1. The standard InChI is InChI=1S/C22H27N3O5S/c1-24(15-17-7-4-3-5-8-17)21(26)18-9-6-14-25(16-18)31(28,29)20-12-10-19(11-13-20)23-22(27)30-2/h3-5,7-8,10-13,18H,6,9,14-16H2,1-2H3,(H,23,27). The summed E-state index contributed by atoms with van der Waals surface area (Å²) in [5.41, 5.74) is 1.46. The zero-order valence-corrected chi connectivity index (χ0v) is 18.5. The lowest BCUT2D eigenvalue weighted by Crippen LogP contribution is -2.45. The first-order valence-corrected chi connectivity index (χ1v) is 11.5. The van der Waals surface area contributed by atoms with Crippen LogP contribution in [0.3, 0.4) is 0 Å². The van der Waals surface area contributed by atoms with Crippen molar-refractivity contribution in [3.8, 4) is 0 Å². The quantitative estimate of drug-likeness (QED) is 0.738. The molecular weight excluding hydrogens is 418 g/mol. The largest absolute Gasteiger partial charge is 0.453 e. The van der Waals surface area contributed by atoms with Gasteiger partial charge in [0.2, 0.25) is 15.9 Å². The minimum Gasteiger partial charge on any atom is -0.453 e. The molecule has 0 aliphatic carbocycles. The lowest BCUT2D eigenvalue weighted by Gasteiger charge is -2.33. The predicted octanol–water partition coefficient (Wildman–Crippen LogP) is 2.92. The van der Waals surface area contributed by atoms with Crippen molar-refractivity contribution in [3.63, 3.8) is 0 Å². The summed E-state index contributed by atoms with van der Waals surface area (Å²) in [5, 5.41) is 2.48. The zero-order chi connectivity index (χ0) is 22.4. The minimum absolute atomic E-state index is 0.0543. The molecule has 0 saturated carbocycles. The molecule has 2 aromatic rings. The Morgan fingerprint density at radius 1 is 1.13 bits per heavy atom. The van der Waals surface area contributed by atoms with Crippen LogP contribution in [0.25, 0.3) is 0 Å². The maximum Gasteiger partial charge on any atom is 0.411 e. The fraction of sp³-hybridized carbons (Fsp3) is 0.364. The van der Waals surface area contributed by atoms with Crippen LogP contribution in [0.1, 0.15) is 18.4 Å². The maximum atomic E-state index is 13.1. The number of amides is 2. The van der Waals surface area contributed by atoms with Crippen LogP contribution < -0.4 is 5.32 Å². The first kappa shape index (κ1) is 22.8. The van der Waals surface area contributed by atoms with Crippen molar-refractivity contribution < 1.29 is 22.7 Å². The maximum absolute atomic E-state index is 13.1. The van der Waals surface area contributed by atoms with E-state index in [9.17, 15) is 18.0 Å². The van der Waals surface area contributed by atoms with E-state index < -0.39 is 16.1 Å². The Hall–Kier alpha value is -2.91. The number of nitrogens with one attached hydrogen (secondary N) is 1. The molecule has 1 aliphatic rings. The summed E-state index contributed by atoms with van der Waals surface area (Å²) in [4.78, 5) is 26.0. The van der Waals surface area contributed by atoms with E-state index in [-0.39, 0.29) is 23.3 Å². The summed E-state index contributed by atoms with van der Waals surface area (Å²) in [6, 6.07) is 15.6. The molecule has 2 amide bonds. The second-order valence-electron chi connectivity index (χ2n) is 7.52. The molecule has 8 nitrogen and oxygen atoms in total. The number of rotatable bonds is 6. The fourth-order valence-electron chi connectivity index (χ4n) is 3.64. The molecule has 1 atom stereocenters. The van der Waals surface area contributed by atoms with E-state index in [1.807, 2.05) is 30.3 Å². The second kappa shape index (κ2) is 9.93. The smallest absolute Gasteiger partial charge is 0.411 e. The topological polar surface area (TPSA) is 96.0 Å². The van der Waals surface area contributed by atoms with Crippen molar-refractivity contribution in [1.82, 2.24) is 9.21 Å². The van der Waals surface area contributed by atoms with Crippen LogP contribution in [0, 0.1) is 5.92 Å². The number of methoxy groups -OCH3 is 1. The van der Waals surface area contributed by atoms with Crippen LogP contribution in [0.4, 0.5) is 10.5 Å². The van der Waals surface area contributed by atoms with Crippen LogP contribution in [0.5, 0.6) is 0 Å². The van der Waals surface area contributed by atoms with Gasteiger partial charge in [0, 0.05) is 32.4 Å². The third-order valence-electron chi connectivity index (χ3n) is 5.30. The highest BCUT2D eigenvalue weighted by Gasteiger charge is 2.34. The van der Waals surface area contributed by atoms with Crippen LogP contribution in [0.2, 0.25) is 0 Å². The number of anilines is 1. The molecule has 0 bridgehead atoms. The van der Waals surface area contributed by atoms with Gasteiger partial charge in [0.25, 0.3) is 0 Å². The number of carbonyl (C=O) groups excluding carboxylic acids is 2. The van der Waals surface area contributed by atoms with Crippen LogP contribution in [-0.4, -0.2) is 56.9 Å². The molecule has 1 fully saturated rings. The molecule has 1 aliphatic heterocycles. The highest BCUT2D eigenvalue weighted by molar-refractivity contribution is 7.89. The van der Waals surface area contributed by atoms with Gasteiger partial charge in [-0.05, 0) is 42.7 Å².